The zero-order valence-corrected chi connectivity index (χ0v) is 3.42. The molecule has 0 aromatic rings. The maximum absolute atomic E-state index is 8.96. The highest BCUT2D eigenvalue weighted by Crippen LogP contribution is 1.31. The molecule has 4 heteroatoms. The van der Waals surface area contributed by atoms with Crippen molar-refractivity contribution in [3.05, 3.63) is 0 Å². The molecule has 1 N–H and O–H groups in total. The van der Waals surface area contributed by atoms with Gasteiger partial charge in [-0.3, -0.25) is 0 Å². The van der Waals surface area contributed by atoms with Crippen LogP contribution in [0.2, 0.25) is 0 Å². The summed E-state index contributed by atoms with van der Waals surface area (Å²) in [5.74, 6) is 0. The molecule has 0 heterocycles. The molecule has 4 heavy (non-hydrogen) atoms. The smallest absolute Gasteiger partial charge is 0.130 e. The van der Waals surface area contributed by atoms with E-state index in [1.165, 1.54) is 0 Å². The second-order valence-corrected chi connectivity index (χ2v) is 1.65. The standard InChI is InChI=1S/H2O2S2/c1-4(2)3/h4H,(H,1,2,3). The van der Waals surface area contributed by atoms with Crippen molar-refractivity contribution in [3.8, 4) is 0 Å². The fourth-order valence-electron chi connectivity index (χ4n) is 0. The van der Waals surface area contributed by atoms with Gasteiger partial charge in [0, 0.05) is 11.2 Å². The fourth-order valence-corrected chi connectivity index (χ4v) is 0. The van der Waals surface area contributed by atoms with E-state index in [9.17, 15) is 0 Å². The molecule has 0 aliphatic carbocycles. The molecule has 0 saturated carbocycles. The van der Waals surface area contributed by atoms with Crippen molar-refractivity contribution in [1.29, 1.82) is 0 Å². The van der Waals surface area contributed by atoms with Crippen molar-refractivity contribution >= 4 is 20.8 Å². The minimum absolute atomic E-state index is 2.29. The minimum atomic E-state index is -2.29. The van der Waals surface area contributed by atoms with Gasteiger partial charge in [-0.15, -0.1) is 0 Å². The Bertz CT molecular complexity index is 52.4. The van der Waals surface area contributed by atoms with E-state index in [2.05, 4.69) is 11.2 Å². The lowest BCUT2D eigenvalue weighted by molar-refractivity contribution is 0.583. The van der Waals surface area contributed by atoms with E-state index in [0.717, 1.165) is 0 Å². The highest BCUT2D eigenvalue weighted by Gasteiger charge is 1.39. The first-order valence-corrected chi connectivity index (χ1v) is 2.79. The molecule has 0 aromatic carbocycles. The molecule has 0 rings (SSSR count). The van der Waals surface area contributed by atoms with E-state index in [4.69, 9.17) is 8.76 Å². The number of rotatable bonds is 0. The Morgan fingerprint density at radius 1 is 2.00 bits per heavy atom. The van der Waals surface area contributed by atoms with Gasteiger partial charge in [-0.05, 0) is 0 Å². The second-order valence-electron chi connectivity index (χ2n) is 0.238. The van der Waals surface area contributed by atoms with Crippen LogP contribution in [0.4, 0.5) is 0 Å². The number of hydrogen-bond donors (Lipinski definition) is 2. The third-order valence-corrected chi connectivity index (χ3v) is 0. The lowest BCUT2D eigenvalue weighted by atomic mass is 15.9. The summed E-state index contributed by atoms with van der Waals surface area (Å²) < 4.78 is 16.3. The number of thiol groups is 1. The third kappa shape index (κ3) is 37.8. The minimum Gasteiger partial charge on any atom is -0.308 e. The molecule has 0 bridgehead atoms. The average Bonchev–Trinajstić information content (AvgIpc) is 0.811. The van der Waals surface area contributed by atoms with Crippen LogP contribution in [0, 0.1) is 0 Å². The third-order valence-electron chi connectivity index (χ3n) is 0. The van der Waals surface area contributed by atoms with Crippen molar-refractivity contribution in [3.63, 3.8) is 0 Å². The van der Waals surface area contributed by atoms with E-state index in [0.29, 0.717) is 0 Å². The van der Waals surface area contributed by atoms with Gasteiger partial charge >= 0.3 is 0 Å². The van der Waals surface area contributed by atoms with E-state index in [1.54, 1.807) is 0 Å². The van der Waals surface area contributed by atoms with Crippen molar-refractivity contribution in [1.82, 2.24) is 0 Å². The van der Waals surface area contributed by atoms with Crippen LogP contribution >= 0.6 is 0 Å². The average molecular weight is 98.1 g/mol. The van der Waals surface area contributed by atoms with Crippen molar-refractivity contribution in [2.75, 3.05) is 0 Å². The topological polar surface area (TPSA) is 37.3 Å². The van der Waals surface area contributed by atoms with Gasteiger partial charge in [-0.2, -0.15) is 0 Å². The lowest BCUT2D eigenvalue weighted by Crippen LogP contribution is -1.54. The Morgan fingerprint density at radius 3 is 2.00 bits per heavy atom. The van der Waals surface area contributed by atoms with Gasteiger partial charge < -0.3 is 4.55 Å². The molecule has 0 saturated heterocycles. The molecule has 26 valence electrons. The molecule has 2 nitrogen and oxygen atoms in total. The monoisotopic (exact) mass is 97.9 g/mol. The predicted molar refractivity (Wildman–Crippen MR) is 19.5 cm³/mol. The lowest BCUT2D eigenvalue weighted by Gasteiger charge is -1.47. The Kier molecular flexibility index (Phi) is 1.76. The summed E-state index contributed by atoms with van der Waals surface area (Å²) >= 11 is 3.69. The van der Waals surface area contributed by atoms with Gasteiger partial charge in [0.05, 0.1) is 0 Å². The van der Waals surface area contributed by atoms with Crippen LogP contribution in [0.1, 0.15) is 0 Å². The highest BCUT2D eigenvalue weighted by molar-refractivity contribution is 8.18. The summed E-state index contributed by atoms with van der Waals surface area (Å²) in [6, 6.07) is 0. The second kappa shape index (κ2) is 1.63. The highest BCUT2D eigenvalue weighted by atomic mass is 32.8. The quantitative estimate of drug-likeness (QED) is 0.397. The molecule has 0 fully saturated rings. The van der Waals surface area contributed by atoms with E-state index >= 15 is 0 Å². The van der Waals surface area contributed by atoms with Gasteiger partial charge in [0.25, 0.3) is 0 Å². The summed E-state index contributed by atoms with van der Waals surface area (Å²) in [4.78, 5) is 0. The first-order chi connectivity index (χ1) is 1.73. The Morgan fingerprint density at radius 2 is 2.00 bits per heavy atom. The van der Waals surface area contributed by atoms with Crippen LogP contribution in [-0.2, 0) is 20.8 Å². The molecular formula is H2O2S2. The molecule has 0 aliphatic heterocycles. The maximum atomic E-state index is 8.96. The molecule has 1 atom stereocenters. The van der Waals surface area contributed by atoms with E-state index < -0.39 is 9.64 Å². The predicted octanol–water partition coefficient (Wildman–Crippen LogP) is -0.598. The van der Waals surface area contributed by atoms with Crippen LogP contribution in [0.15, 0.2) is 0 Å². The molecule has 1 unspecified atom stereocenters. The summed E-state index contributed by atoms with van der Waals surface area (Å²) in [5.41, 5.74) is 0. The van der Waals surface area contributed by atoms with Crippen LogP contribution in [0.5, 0.6) is 0 Å². The van der Waals surface area contributed by atoms with E-state index in [-0.39, 0.29) is 0 Å². The SMILES string of the molecule is O=[SH](O)=S. The van der Waals surface area contributed by atoms with E-state index in [1.807, 2.05) is 0 Å². The normalized spacial score (nSPS) is 15.2. The van der Waals surface area contributed by atoms with Crippen molar-refractivity contribution in [2.45, 2.75) is 0 Å². The van der Waals surface area contributed by atoms with Crippen LogP contribution in [0.25, 0.3) is 0 Å². The summed E-state index contributed by atoms with van der Waals surface area (Å²) in [6.45, 7) is 0. The van der Waals surface area contributed by atoms with Gasteiger partial charge in [0.1, 0.15) is 9.64 Å². The number of hydrogen-bond acceptors (Lipinski definition) is 2. The van der Waals surface area contributed by atoms with Gasteiger partial charge in [-0.25, -0.2) is 4.21 Å². The van der Waals surface area contributed by atoms with Gasteiger partial charge in [-0.1, -0.05) is 0 Å². The van der Waals surface area contributed by atoms with Crippen molar-refractivity contribution in [2.24, 2.45) is 0 Å². The zero-order valence-electron chi connectivity index (χ0n) is 1.71. The molecule has 0 aromatic heterocycles. The van der Waals surface area contributed by atoms with Crippen LogP contribution in [-0.4, -0.2) is 8.76 Å². The largest absolute Gasteiger partial charge is 0.308 e. The molecule has 0 radical (unpaired) electrons. The summed E-state index contributed by atoms with van der Waals surface area (Å²) in [5, 5.41) is 0. The molecule has 0 amide bonds. The summed E-state index contributed by atoms with van der Waals surface area (Å²) in [7, 11) is -2.29. The van der Waals surface area contributed by atoms with Gasteiger partial charge in [0.15, 0.2) is 0 Å². The first-order valence-electron chi connectivity index (χ1n) is 0.565. The Balaban J connectivity index is 3.51. The Labute approximate surface area is 30.4 Å². The summed E-state index contributed by atoms with van der Waals surface area (Å²) in [6.07, 6.45) is 0. The molecule has 0 aliphatic rings. The fraction of sp³-hybridized carbons (Fsp3) is 0. The molecule has 0 spiro atoms. The van der Waals surface area contributed by atoms with Gasteiger partial charge in [0.2, 0.25) is 0 Å². The first kappa shape index (κ1) is 4.33. The Hall–Kier alpha value is 0.330. The molecular weight excluding hydrogens is 96.1 g/mol. The van der Waals surface area contributed by atoms with Crippen LogP contribution < -0.4 is 0 Å². The van der Waals surface area contributed by atoms with Crippen LogP contribution in [0.3, 0.4) is 0 Å². The van der Waals surface area contributed by atoms with Crippen molar-refractivity contribution < 1.29 is 8.76 Å². The zero-order chi connectivity index (χ0) is 3.58. The maximum Gasteiger partial charge on any atom is 0.130 e.